The highest BCUT2D eigenvalue weighted by atomic mass is 16.5. The van der Waals surface area contributed by atoms with E-state index in [9.17, 15) is 5.11 Å². The molecule has 19 heavy (non-hydrogen) atoms. The van der Waals surface area contributed by atoms with Crippen molar-refractivity contribution >= 4 is 0 Å². The molecule has 102 valence electrons. The minimum atomic E-state index is 0.546. The summed E-state index contributed by atoms with van der Waals surface area (Å²) in [6.45, 7) is 2.93. The van der Waals surface area contributed by atoms with E-state index < -0.39 is 0 Å². The van der Waals surface area contributed by atoms with Gasteiger partial charge < -0.3 is 9.84 Å². The third-order valence-corrected chi connectivity index (χ3v) is 4.30. The van der Waals surface area contributed by atoms with E-state index in [0.29, 0.717) is 11.7 Å². The minimum absolute atomic E-state index is 0.546. The molecule has 0 radical (unpaired) electrons. The number of aryl methyl sites for hydroxylation is 1. The van der Waals surface area contributed by atoms with Crippen LogP contribution in [0.2, 0.25) is 0 Å². The number of benzene rings is 1. The zero-order valence-electron chi connectivity index (χ0n) is 11.4. The summed E-state index contributed by atoms with van der Waals surface area (Å²) >= 11 is 0. The second-order valence-electron chi connectivity index (χ2n) is 5.51. The standard InChI is InChI=1S/C16H21NO2/c1-19-15-5-4-12-2-3-13(16(12)10-15)11-17-8-6-14(18)7-9-17/h4-6,10,13,18H,2-3,7-9,11H2,1H3. The maximum atomic E-state index is 9.43. The van der Waals surface area contributed by atoms with Crippen molar-refractivity contribution in [1.29, 1.82) is 0 Å². The first kappa shape index (κ1) is 12.5. The molecule has 0 amide bonds. The summed E-state index contributed by atoms with van der Waals surface area (Å²) in [5.74, 6) is 2.12. The Kier molecular flexibility index (Phi) is 3.47. The van der Waals surface area contributed by atoms with Gasteiger partial charge in [0.15, 0.2) is 0 Å². The molecule has 0 aromatic heterocycles. The van der Waals surface area contributed by atoms with Gasteiger partial charge >= 0.3 is 0 Å². The van der Waals surface area contributed by atoms with E-state index in [1.807, 2.05) is 6.08 Å². The summed E-state index contributed by atoms with van der Waals surface area (Å²) in [7, 11) is 1.73. The highest BCUT2D eigenvalue weighted by Crippen LogP contribution is 2.36. The molecule has 3 nitrogen and oxygen atoms in total. The molecule has 0 spiro atoms. The van der Waals surface area contributed by atoms with E-state index in [-0.39, 0.29) is 0 Å². The average molecular weight is 259 g/mol. The molecule has 1 aliphatic heterocycles. The molecular weight excluding hydrogens is 238 g/mol. The Balaban J connectivity index is 1.71. The van der Waals surface area contributed by atoms with Crippen molar-refractivity contribution in [3.05, 3.63) is 41.2 Å². The number of aliphatic hydroxyl groups is 1. The number of ether oxygens (including phenoxy) is 1. The van der Waals surface area contributed by atoms with Crippen molar-refractivity contribution in [3.63, 3.8) is 0 Å². The van der Waals surface area contributed by atoms with Crippen molar-refractivity contribution in [2.24, 2.45) is 0 Å². The number of fused-ring (bicyclic) bond motifs is 1. The third-order valence-electron chi connectivity index (χ3n) is 4.30. The molecule has 0 saturated heterocycles. The summed E-state index contributed by atoms with van der Waals surface area (Å²) < 4.78 is 5.34. The Bertz CT molecular complexity index is 496. The first-order valence-corrected chi connectivity index (χ1v) is 7.03. The molecule has 1 unspecified atom stereocenters. The van der Waals surface area contributed by atoms with Crippen molar-refractivity contribution in [2.75, 3.05) is 26.7 Å². The number of hydrogen-bond acceptors (Lipinski definition) is 3. The molecular formula is C16H21NO2. The van der Waals surface area contributed by atoms with Crippen LogP contribution in [0.3, 0.4) is 0 Å². The van der Waals surface area contributed by atoms with Gasteiger partial charge in [-0.1, -0.05) is 6.07 Å². The SMILES string of the molecule is COc1ccc2c(c1)C(CN1CC=C(O)CC1)CC2. The smallest absolute Gasteiger partial charge is 0.119 e. The molecule has 1 heterocycles. The number of rotatable bonds is 3. The quantitative estimate of drug-likeness (QED) is 0.906. The maximum absolute atomic E-state index is 9.43. The van der Waals surface area contributed by atoms with Gasteiger partial charge in [0.1, 0.15) is 5.75 Å². The number of aliphatic hydroxyl groups excluding tert-OH is 1. The zero-order valence-corrected chi connectivity index (χ0v) is 11.4. The van der Waals surface area contributed by atoms with Crippen molar-refractivity contribution in [2.45, 2.75) is 25.2 Å². The first-order chi connectivity index (χ1) is 9.26. The van der Waals surface area contributed by atoms with Crippen LogP contribution in [-0.4, -0.2) is 36.8 Å². The van der Waals surface area contributed by atoms with Crippen molar-refractivity contribution in [3.8, 4) is 5.75 Å². The predicted molar refractivity (Wildman–Crippen MR) is 75.8 cm³/mol. The molecule has 0 bridgehead atoms. The fourth-order valence-corrected chi connectivity index (χ4v) is 3.16. The van der Waals surface area contributed by atoms with Crippen LogP contribution >= 0.6 is 0 Å². The monoisotopic (exact) mass is 259 g/mol. The summed E-state index contributed by atoms with van der Waals surface area (Å²) in [6.07, 6.45) is 5.14. The Morgan fingerprint density at radius 2 is 2.26 bits per heavy atom. The van der Waals surface area contributed by atoms with Gasteiger partial charge in [0.2, 0.25) is 0 Å². The Labute approximate surface area is 114 Å². The van der Waals surface area contributed by atoms with Crippen LogP contribution in [-0.2, 0) is 6.42 Å². The van der Waals surface area contributed by atoms with Crippen molar-refractivity contribution < 1.29 is 9.84 Å². The topological polar surface area (TPSA) is 32.7 Å². The fourth-order valence-electron chi connectivity index (χ4n) is 3.16. The van der Waals surface area contributed by atoms with E-state index in [4.69, 9.17) is 4.74 Å². The largest absolute Gasteiger partial charge is 0.513 e. The highest BCUT2D eigenvalue weighted by molar-refractivity contribution is 5.41. The molecule has 1 atom stereocenters. The number of hydrogen-bond donors (Lipinski definition) is 1. The number of methoxy groups -OCH3 is 1. The molecule has 1 aromatic rings. The van der Waals surface area contributed by atoms with Crippen LogP contribution in [0.1, 0.15) is 29.9 Å². The van der Waals surface area contributed by atoms with Crippen LogP contribution in [0, 0.1) is 0 Å². The molecule has 0 fully saturated rings. The van der Waals surface area contributed by atoms with Gasteiger partial charge in [0, 0.05) is 26.1 Å². The average Bonchev–Trinajstić information content (AvgIpc) is 2.84. The first-order valence-electron chi connectivity index (χ1n) is 7.03. The second kappa shape index (κ2) is 5.25. The zero-order chi connectivity index (χ0) is 13.2. The lowest BCUT2D eigenvalue weighted by Gasteiger charge is -2.27. The van der Waals surface area contributed by atoms with Crippen LogP contribution in [0.4, 0.5) is 0 Å². The predicted octanol–water partition coefficient (Wildman–Crippen LogP) is 2.87. The van der Waals surface area contributed by atoms with E-state index in [1.165, 1.54) is 24.0 Å². The number of nitrogens with zero attached hydrogens (tertiary/aromatic N) is 1. The molecule has 1 N–H and O–H groups in total. The lowest BCUT2D eigenvalue weighted by atomic mass is 10.00. The lowest BCUT2D eigenvalue weighted by Crippen LogP contribution is -2.32. The van der Waals surface area contributed by atoms with Gasteiger partial charge in [0.25, 0.3) is 0 Å². The van der Waals surface area contributed by atoms with Gasteiger partial charge in [-0.15, -0.1) is 0 Å². The van der Waals surface area contributed by atoms with E-state index in [1.54, 1.807) is 7.11 Å². The van der Waals surface area contributed by atoms with E-state index in [0.717, 1.165) is 31.8 Å². The summed E-state index contributed by atoms with van der Waals surface area (Å²) in [5, 5.41) is 9.43. The van der Waals surface area contributed by atoms with Crippen molar-refractivity contribution in [1.82, 2.24) is 4.90 Å². The third kappa shape index (κ3) is 2.61. The highest BCUT2D eigenvalue weighted by Gasteiger charge is 2.25. The van der Waals surface area contributed by atoms with Gasteiger partial charge in [0.05, 0.1) is 12.9 Å². The summed E-state index contributed by atoms with van der Waals surface area (Å²) in [4.78, 5) is 2.43. The molecule has 1 aliphatic carbocycles. The summed E-state index contributed by atoms with van der Waals surface area (Å²) in [6, 6.07) is 6.46. The normalized spacial score (nSPS) is 23.0. The molecule has 0 saturated carbocycles. The lowest BCUT2D eigenvalue weighted by molar-refractivity contribution is 0.242. The Hall–Kier alpha value is -1.48. The van der Waals surface area contributed by atoms with Gasteiger partial charge in [-0.3, -0.25) is 4.90 Å². The Morgan fingerprint density at radius 3 is 3.00 bits per heavy atom. The summed E-state index contributed by atoms with van der Waals surface area (Å²) in [5.41, 5.74) is 2.93. The fraction of sp³-hybridized carbons (Fsp3) is 0.500. The molecule has 1 aromatic carbocycles. The molecule has 2 aliphatic rings. The van der Waals surface area contributed by atoms with E-state index in [2.05, 4.69) is 23.1 Å². The van der Waals surface area contributed by atoms with Crippen LogP contribution in [0.5, 0.6) is 5.75 Å². The Morgan fingerprint density at radius 1 is 1.37 bits per heavy atom. The van der Waals surface area contributed by atoms with Crippen LogP contribution in [0.15, 0.2) is 30.0 Å². The van der Waals surface area contributed by atoms with Gasteiger partial charge in [-0.2, -0.15) is 0 Å². The molecule has 3 heteroatoms. The van der Waals surface area contributed by atoms with Crippen LogP contribution < -0.4 is 4.74 Å². The van der Waals surface area contributed by atoms with E-state index >= 15 is 0 Å². The second-order valence-corrected chi connectivity index (χ2v) is 5.51. The molecule has 3 rings (SSSR count). The minimum Gasteiger partial charge on any atom is -0.513 e. The van der Waals surface area contributed by atoms with Gasteiger partial charge in [-0.25, -0.2) is 0 Å². The maximum Gasteiger partial charge on any atom is 0.119 e. The van der Waals surface area contributed by atoms with Gasteiger partial charge in [-0.05, 0) is 48.1 Å². The van der Waals surface area contributed by atoms with Crippen LogP contribution in [0.25, 0.3) is 0 Å².